The zero-order valence-corrected chi connectivity index (χ0v) is 17.4. The maximum absolute atomic E-state index is 12.4. The van der Waals surface area contributed by atoms with Crippen LogP contribution in [0, 0.1) is 0 Å². The number of amides is 1. The van der Waals surface area contributed by atoms with Gasteiger partial charge in [0.05, 0.1) is 11.4 Å². The van der Waals surface area contributed by atoms with Gasteiger partial charge in [-0.05, 0) is 29.3 Å². The van der Waals surface area contributed by atoms with Gasteiger partial charge in [-0.3, -0.25) is 9.89 Å². The summed E-state index contributed by atoms with van der Waals surface area (Å²) >= 11 is 1.82. The van der Waals surface area contributed by atoms with Crippen molar-refractivity contribution in [2.45, 2.75) is 5.75 Å². The Balaban J connectivity index is 1.28. The molecule has 4 nitrogen and oxygen atoms in total. The predicted molar refractivity (Wildman–Crippen MR) is 124 cm³/mol. The van der Waals surface area contributed by atoms with Gasteiger partial charge >= 0.3 is 0 Å². The monoisotopic (exact) mass is 413 g/mol. The lowest BCUT2D eigenvalue weighted by Gasteiger charge is -2.06. The van der Waals surface area contributed by atoms with Gasteiger partial charge in [-0.1, -0.05) is 72.8 Å². The molecule has 1 heterocycles. The summed E-state index contributed by atoms with van der Waals surface area (Å²) in [6.07, 6.45) is 0. The molecule has 30 heavy (non-hydrogen) atoms. The van der Waals surface area contributed by atoms with Gasteiger partial charge in [-0.2, -0.15) is 16.9 Å². The number of H-pyrrole nitrogens is 1. The summed E-state index contributed by atoms with van der Waals surface area (Å²) in [5.41, 5.74) is 5.87. The molecule has 0 saturated carbocycles. The Hall–Kier alpha value is -3.31. The van der Waals surface area contributed by atoms with Crippen LogP contribution < -0.4 is 5.32 Å². The molecule has 0 saturated heterocycles. The number of carbonyl (C=O) groups is 1. The van der Waals surface area contributed by atoms with Crippen LogP contribution in [0.1, 0.15) is 15.9 Å². The Morgan fingerprint density at radius 3 is 2.30 bits per heavy atom. The third-order valence-electron chi connectivity index (χ3n) is 4.75. The molecule has 0 unspecified atom stereocenters. The molecule has 0 spiro atoms. The van der Waals surface area contributed by atoms with Crippen molar-refractivity contribution in [3.05, 3.63) is 102 Å². The second-order valence-corrected chi connectivity index (χ2v) is 8.01. The number of thioether (sulfide) groups is 1. The second-order valence-electron chi connectivity index (χ2n) is 6.90. The van der Waals surface area contributed by atoms with Crippen LogP contribution in [0.25, 0.3) is 22.5 Å². The van der Waals surface area contributed by atoms with E-state index < -0.39 is 0 Å². The normalized spacial score (nSPS) is 10.7. The summed E-state index contributed by atoms with van der Waals surface area (Å²) in [6.45, 7) is 0.652. The smallest absolute Gasteiger partial charge is 0.251 e. The van der Waals surface area contributed by atoms with E-state index in [9.17, 15) is 4.79 Å². The number of nitrogens with one attached hydrogen (secondary N) is 2. The summed E-state index contributed by atoms with van der Waals surface area (Å²) in [5, 5.41) is 10.5. The van der Waals surface area contributed by atoms with Crippen LogP contribution in [-0.4, -0.2) is 28.4 Å². The van der Waals surface area contributed by atoms with E-state index in [4.69, 9.17) is 0 Å². The SMILES string of the molecule is O=C(NCCSCc1ccccc1)c1ccc(-c2cc(-c3ccccc3)n[nH]2)cc1. The molecule has 0 aliphatic carbocycles. The summed E-state index contributed by atoms with van der Waals surface area (Å²) < 4.78 is 0. The van der Waals surface area contributed by atoms with E-state index in [2.05, 4.69) is 27.6 Å². The van der Waals surface area contributed by atoms with Gasteiger partial charge in [0, 0.05) is 29.2 Å². The average molecular weight is 414 g/mol. The number of hydrogen-bond donors (Lipinski definition) is 2. The van der Waals surface area contributed by atoms with Crippen molar-refractivity contribution in [2.24, 2.45) is 0 Å². The minimum Gasteiger partial charge on any atom is -0.351 e. The Kier molecular flexibility index (Phi) is 6.62. The maximum atomic E-state index is 12.4. The molecule has 150 valence electrons. The lowest BCUT2D eigenvalue weighted by molar-refractivity contribution is 0.0956. The highest BCUT2D eigenvalue weighted by Crippen LogP contribution is 2.23. The molecule has 5 heteroatoms. The highest BCUT2D eigenvalue weighted by Gasteiger charge is 2.08. The fraction of sp³-hybridized carbons (Fsp3) is 0.120. The highest BCUT2D eigenvalue weighted by molar-refractivity contribution is 7.98. The molecule has 1 aromatic heterocycles. The molecule has 2 N–H and O–H groups in total. The molecule has 0 bridgehead atoms. The van der Waals surface area contributed by atoms with E-state index in [-0.39, 0.29) is 5.91 Å². The maximum Gasteiger partial charge on any atom is 0.251 e. The molecule has 0 aliphatic rings. The molecule has 1 amide bonds. The van der Waals surface area contributed by atoms with Gasteiger partial charge in [0.15, 0.2) is 0 Å². The Morgan fingerprint density at radius 2 is 1.57 bits per heavy atom. The van der Waals surface area contributed by atoms with Crippen LogP contribution >= 0.6 is 11.8 Å². The summed E-state index contributed by atoms with van der Waals surface area (Å²) in [7, 11) is 0. The fourth-order valence-electron chi connectivity index (χ4n) is 3.13. The van der Waals surface area contributed by atoms with Crippen molar-refractivity contribution >= 4 is 17.7 Å². The first-order valence-corrected chi connectivity index (χ1v) is 11.1. The van der Waals surface area contributed by atoms with Crippen molar-refractivity contribution in [3.8, 4) is 22.5 Å². The number of carbonyl (C=O) groups excluding carboxylic acids is 1. The Morgan fingerprint density at radius 1 is 0.867 bits per heavy atom. The van der Waals surface area contributed by atoms with E-state index in [0.29, 0.717) is 12.1 Å². The second kappa shape index (κ2) is 9.94. The Bertz CT molecular complexity index is 1080. The summed E-state index contributed by atoms with van der Waals surface area (Å²) in [6, 6.07) is 30.0. The number of aromatic nitrogens is 2. The lowest BCUT2D eigenvalue weighted by Crippen LogP contribution is -2.25. The third kappa shape index (κ3) is 5.19. The fourth-order valence-corrected chi connectivity index (χ4v) is 3.95. The van der Waals surface area contributed by atoms with E-state index in [1.807, 2.05) is 90.6 Å². The average Bonchev–Trinajstić information content (AvgIpc) is 3.30. The van der Waals surface area contributed by atoms with E-state index in [1.54, 1.807) is 0 Å². The summed E-state index contributed by atoms with van der Waals surface area (Å²) in [5.74, 6) is 1.80. The number of nitrogens with zero attached hydrogens (tertiary/aromatic N) is 1. The van der Waals surface area contributed by atoms with Crippen molar-refractivity contribution < 1.29 is 4.79 Å². The minimum absolute atomic E-state index is 0.0450. The predicted octanol–water partition coefficient (Wildman–Crippen LogP) is 5.41. The standard InChI is InChI=1S/C25H23N3OS/c29-25(26-15-16-30-18-19-7-3-1-4-8-19)22-13-11-21(12-14-22)24-17-23(27-28-24)20-9-5-2-6-10-20/h1-14,17H,15-16,18H2,(H,26,29)(H,27,28). The molecular weight excluding hydrogens is 390 g/mol. The largest absolute Gasteiger partial charge is 0.351 e. The number of hydrogen-bond acceptors (Lipinski definition) is 3. The lowest BCUT2D eigenvalue weighted by atomic mass is 10.1. The zero-order valence-electron chi connectivity index (χ0n) is 16.5. The number of aromatic amines is 1. The third-order valence-corrected chi connectivity index (χ3v) is 5.78. The van der Waals surface area contributed by atoms with Crippen molar-refractivity contribution in [2.75, 3.05) is 12.3 Å². The first-order valence-electron chi connectivity index (χ1n) is 9.91. The molecule has 3 aromatic carbocycles. The molecule has 0 aliphatic heterocycles. The van der Waals surface area contributed by atoms with Gasteiger partial charge in [-0.25, -0.2) is 0 Å². The highest BCUT2D eigenvalue weighted by atomic mass is 32.2. The van der Waals surface area contributed by atoms with E-state index in [1.165, 1.54) is 5.56 Å². The van der Waals surface area contributed by atoms with Gasteiger partial charge < -0.3 is 5.32 Å². The van der Waals surface area contributed by atoms with Gasteiger partial charge in [0.25, 0.3) is 5.91 Å². The molecule has 4 aromatic rings. The van der Waals surface area contributed by atoms with Crippen LogP contribution in [-0.2, 0) is 5.75 Å². The minimum atomic E-state index is -0.0450. The molecule has 0 fully saturated rings. The van der Waals surface area contributed by atoms with Gasteiger partial charge in [0.1, 0.15) is 0 Å². The molecule has 4 rings (SSSR count). The van der Waals surface area contributed by atoms with Gasteiger partial charge in [-0.15, -0.1) is 0 Å². The van der Waals surface area contributed by atoms with Crippen molar-refractivity contribution in [1.29, 1.82) is 0 Å². The van der Waals surface area contributed by atoms with Crippen LogP contribution in [0.3, 0.4) is 0 Å². The topological polar surface area (TPSA) is 57.8 Å². The van der Waals surface area contributed by atoms with Crippen LogP contribution in [0.4, 0.5) is 0 Å². The molecule has 0 atom stereocenters. The van der Waals surface area contributed by atoms with Crippen LogP contribution in [0.5, 0.6) is 0 Å². The zero-order chi connectivity index (χ0) is 20.6. The molecular formula is C25H23N3OS. The number of benzene rings is 3. The van der Waals surface area contributed by atoms with Crippen molar-refractivity contribution in [3.63, 3.8) is 0 Å². The van der Waals surface area contributed by atoms with Gasteiger partial charge in [0.2, 0.25) is 0 Å². The van der Waals surface area contributed by atoms with E-state index in [0.717, 1.165) is 34.0 Å². The Labute approximate surface area is 180 Å². The quantitative estimate of drug-likeness (QED) is 0.380. The number of rotatable bonds is 8. The van der Waals surface area contributed by atoms with Crippen molar-refractivity contribution in [1.82, 2.24) is 15.5 Å². The van der Waals surface area contributed by atoms with Crippen LogP contribution in [0.15, 0.2) is 91.0 Å². The summed E-state index contributed by atoms with van der Waals surface area (Å²) in [4.78, 5) is 12.4. The first kappa shape index (κ1) is 20.0. The molecule has 0 radical (unpaired) electrons. The van der Waals surface area contributed by atoms with E-state index >= 15 is 0 Å². The first-order chi connectivity index (χ1) is 14.8. The van der Waals surface area contributed by atoms with Crippen LogP contribution in [0.2, 0.25) is 0 Å².